The molecule has 0 aliphatic carbocycles. The molecule has 4 rings (SSSR count). The molecule has 1 atom stereocenters. The number of allylic oxidation sites excluding steroid dienone is 2. The van der Waals surface area contributed by atoms with Crippen molar-refractivity contribution in [3.05, 3.63) is 117 Å². The van der Waals surface area contributed by atoms with Crippen molar-refractivity contribution in [1.82, 2.24) is 5.32 Å². The summed E-state index contributed by atoms with van der Waals surface area (Å²) >= 11 is 7.22. The van der Waals surface area contributed by atoms with Gasteiger partial charge in [-0.25, -0.2) is 0 Å². The van der Waals surface area contributed by atoms with Crippen molar-refractivity contribution >= 4 is 46.6 Å². The molecule has 3 N–H and O–H groups in total. The van der Waals surface area contributed by atoms with Crippen LogP contribution in [0, 0.1) is 11.3 Å². The number of aryl methyl sites for hydroxylation is 1. The van der Waals surface area contributed by atoms with Crippen molar-refractivity contribution in [2.24, 2.45) is 0 Å². The topological polar surface area (TPSA) is 94.0 Å². The van der Waals surface area contributed by atoms with Crippen molar-refractivity contribution in [2.45, 2.75) is 26.2 Å². The summed E-state index contributed by atoms with van der Waals surface area (Å²) in [5.41, 5.74) is 4.75. The number of dihydropyridines is 1. The summed E-state index contributed by atoms with van der Waals surface area (Å²) in [6.45, 7) is 3.88. The summed E-state index contributed by atoms with van der Waals surface area (Å²) in [6, 6.07) is 26.3. The zero-order chi connectivity index (χ0) is 27.1. The van der Waals surface area contributed by atoms with Crippen LogP contribution < -0.4 is 16.0 Å². The number of amides is 2. The highest BCUT2D eigenvalue weighted by Crippen LogP contribution is 2.41. The Kier molecular flexibility index (Phi) is 8.90. The molecule has 0 radical (unpaired) electrons. The normalized spacial score (nSPS) is 14.9. The average molecular weight is 543 g/mol. The van der Waals surface area contributed by atoms with E-state index in [2.05, 4.69) is 28.9 Å². The van der Waals surface area contributed by atoms with Gasteiger partial charge in [-0.1, -0.05) is 72.8 Å². The number of nitriles is 1. The van der Waals surface area contributed by atoms with Gasteiger partial charge in [-0.2, -0.15) is 5.26 Å². The third kappa shape index (κ3) is 6.46. The first-order chi connectivity index (χ1) is 18.4. The van der Waals surface area contributed by atoms with Gasteiger partial charge in [0.25, 0.3) is 5.91 Å². The molecule has 0 saturated carbocycles. The van der Waals surface area contributed by atoms with Gasteiger partial charge in [-0.05, 0) is 60.9 Å². The van der Waals surface area contributed by atoms with Crippen LogP contribution in [0.5, 0.6) is 0 Å². The predicted molar refractivity (Wildman–Crippen MR) is 155 cm³/mol. The third-order valence-electron chi connectivity index (χ3n) is 6.12. The summed E-state index contributed by atoms with van der Waals surface area (Å²) < 4.78 is 0. The molecule has 1 aliphatic rings. The molecule has 0 aromatic heterocycles. The van der Waals surface area contributed by atoms with Crippen LogP contribution in [0.2, 0.25) is 5.02 Å². The molecule has 2 amide bonds. The van der Waals surface area contributed by atoms with Crippen molar-refractivity contribution in [2.75, 3.05) is 16.4 Å². The Labute approximate surface area is 231 Å². The Bertz CT molecular complexity index is 1430. The second kappa shape index (κ2) is 12.5. The number of nitrogens with one attached hydrogen (secondary N) is 3. The molecular weight excluding hydrogens is 516 g/mol. The van der Waals surface area contributed by atoms with Crippen LogP contribution in [-0.4, -0.2) is 17.6 Å². The zero-order valence-corrected chi connectivity index (χ0v) is 22.6. The smallest absolute Gasteiger partial charge is 0.254 e. The van der Waals surface area contributed by atoms with Crippen LogP contribution in [0.3, 0.4) is 0 Å². The minimum absolute atomic E-state index is 0.101. The van der Waals surface area contributed by atoms with Crippen LogP contribution in [0.4, 0.5) is 11.4 Å². The fourth-order valence-corrected chi connectivity index (χ4v) is 5.21. The highest BCUT2D eigenvalue weighted by atomic mass is 35.5. The number of hydrogen-bond acceptors (Lipinski definition) is 5. The lowest BCUT2D eigenvalue weighted by Gasteiger charge is -2.30. The first-order valence-electron chi connectivity index (χ1n) is 12.1. The van der Waals surface area contributed by atoms with Gasteiger partial charge in [-0.3, -0.25) is 9.59 Å². The summed E-state index contributed by atoms with van der Waals surface area (Å²) in [5.74, 6) is -1.00. The molecule has 0 unspecified atom stereocenters. The highest BCUT2D eigenvalue weighted by molar-refractivity contribution is 8.03. The van der Waals surface area contributed by atoms with E-state index in [-0.39, 0.29) is 17.6 Å². The van der Waals surface area contributed by atoms with Gasteiger partial charge in [-0.15, -0.1) is 0 Å². The number of halogens is 1. The molecule has 0 fully saturated rings. The molecule has 8 heteroatoms. The maximum atomic E-state index is 13.5. The fourth-order valence-electron chi connectivity index (χ4n) is 4.20. The van der Waals surface area contributed by atoms with Crippen molar-refractivity contribution in [3.63, 3.8) is 0 Å². The Balaban J connectivity index is 1.58. The highest BCUT2D eigenvalue weighted by Gasteiger charge is 2.34. The molecule has 0 bridgehead atoms. The van der Waals surface area contributed by atoms with Crippen LogP contribution in [0.1, 0.15) is 30.9 Å². The number of thioether (sulfide) groups is 1. The van der Waals surface area contributed by atoms with Crippen LogP contribution >= 0.6 is 23.4 Å². The lowest BCUT2D eigenvalue weighted by molar-refractivity contribution is -0.114. The summed E-state index contributed by atoms with van der Waals surface area (Å²) in [4.78, 5) is 26.2. The number of nitrogens with zero attached hydrogens (tertiary/aromatic N) is 1. The van der Waals surface area contributed by atoms with E-state index in [4.69, 9.17) is 11.6 Å². The largest absolute Gasteiger partial charge is 0.353 e. The van der Waals surface area contributed by atoms with Gasteiger partial charge >= 0.3 is 0 Å². The lowest BCUT2D eigenvalue weighted by Crippen LogP contribution is -2.31. The summed E-state index contributed by atoms with van der Waals surface area (Å²) in [6.07, 6.45) is 0.927. The maximum Gasteiger partial charge on any atom is 0.254 e. The van der Waals surface area contributed by atoms with Gasteiger partial charge in [0.05, 0.1) is 28.3 Å². The van der Waals surface area contributed by atoms with E-state index in [1.54, 1.807) is 31.2 Å². The molecule has 3 aromatic carbocycles. The predicted octanol–water partition coefficient (Wildman–Crippen LogP) is 6.61. The van der Waals surface area contributed by atoms with E-state index in [0.717, 1.165) is 17.7 Å². The quantitative estimate of drug-likeness (QED) is 0.298. The number of anilines is 2. The molecule has 0 spiro atoms. The first-order valence-corrected chi connectivity index (χ1v) is 13.5. The van der Waals surface area contributed by atoms with Crippen LogP contribution in [0.15, 0.2) is 101 Å². The molecule has 0 saturated heterocycles. The maximum absolute atomic E-state index is 13.5. The second-order valence-corrected chi connectivity index (χ2v) is 10.1. The summed E-state index contributed by atoms with van der Waals surface area (Å²) in [5, 5.41) is 20.4. The number of benzene rings is 3. The minimum Gasteiger partial charge on any atom is -0.353 e. The van der Waals surface area contributed by atoms with E-state index in [9.17, 15) is 14.9 Å². The molecule has 6 nitrogen and oxygen atoms in total. The number of rotatable bonds is 8. The third-order valence-corrected chi connectivity index (χ3v) is 7.39. The van der Waals surface area contributed by atoms with Gasteiger partial charge < -0.3 is 16.0 Å². The molecule has 1 aliphatic heterocycles. The van der Waals surface area contributed by atoms with Gasteiger partial charge in [0.1, 0.15) is 0 Å². The molecule has 3 aromatic rings. The fraction of sp³-hybridized carbons (Fsp3) is 0.167. The van der Waals surface area contributed by atoms with E-state index in [0.29, 0.717) is 32.6 Å². The Morgan fingerprint density at radius 3 is 2.24 bits per heavy atom. The monoisotopic (exact) mass is 542 g/mol. The lowest BCUT2D eigenvalue weighted by atomic mass is 9.82. The van der Waals surface area contributed by atoms with Crippen molar-refractivity contribution in [1.29, 1.82) is 5.26 Å². The minimum atomic E-state index is -0.595. The second-order valence-electron chi connectivity index (χ2n) is 8.71. The van der Waals surface area contributed by atoms with Crippen molar-refractivity contribution < 1.29 is 9.59 Å². The van der Waals surface area contributed by atoms with E-state index < -0.39 is 5.92 Å². The number of carbonyl (C=O) groups is 2. The average Bonchev–Trinajstić information content (AvgIpc) is 2.93. The van der Waals surface area contributed by atoms with Crippen molar-refractivity contribution in [3.8, 4) is 6.07 Å². The Morgan fingerprint density at radius 2 is 1.61 bits per heavy atom. The summed E-state index contributed by atoms with van der Waals surface area (Å²) in [7, 11) is 0. The zero-order valence-electron chi connectivity index (χ0n) is 21.0. The Hall–Kier alpha value is -3.99. The van der Waals surface area contributed by atoms with Crippen LogP contribution in [-0.2, 0) is 16.0 Å². The van der Waals surface area contributed by atoms with Gasteiger partial charge in [0.15, 0.2) is 0 Å². The molecule has 38 heavy (non-hydrogen) atoms. The Morgan fingerprint density at radius 1 is 0.974 bits per heavy atom. The molecular formula is C30H27ClN4O2S. The first kappa shape index (κ1) is 27.1. The molecule has 1 heterocycles. The van der Waals surface area contributed by atoms with Gasteiger partial charge in [0, 0.05) is 27.7 Å². The van der Waals surface area contributed by atoms with E-state index in [1.165, 1.54) is 17.3 Å². The number of carbonyl (C=O) groups excluding carboxylic acids is 2. The number of hydrogen-bond donors (Lipinski definition) is 3. The SMILES string of the molecule is CCc1ccc(NC(=O)CSC2=C(C#N)[C@@H](c3ccccc3)C(C(=O)Nc3ccc(Cl)cc3)=C(C)N2)cc1. The van der Waals surface area contributed by atoms with Crippen LogP contribution in [0.25, 0.3) is 0 Å². The van der Waals surface area contributed by atoms with E-state index >= 15 is 0 Å². The van der Waals surface area contributed by atoms with E-state index in [1.807, 2.05) is 54.6 Å². The standard InChI is InChI=1S/C30H27ClN4O2S/c1-3-20-9-13-23(14-10-20)34-26(36)18-38-30-25(17-32)28(21-7-5-4-6-8-21)27(19(2)33-30)29(37)35-24-15-11-22(31)12-16-24/h4-16,28,33H,3,18H2,1-2H3,(H,34,36)(H,35,37)/t28-/m1/s1. The molecule has 192 valence electrons. The van der Waals surface area contributed by atoms with Gasteiger partial charge in [0.2, 0.25) is 5.91 Å².